The Balaban J connectivity index is 2.04. The van der Waals surface area contributed by atoms with E-state index in [1.807, 2.05) is 0 Å². The molecule has 1 aliphatic carbocycles. The lowest BCUT2D eigenvalue weighted by Crippen LogP contribution is -2.46. The number of aryl methyl sites for hydroxylation is 1. The minimum absolute atomic E-state index is 0.0335. The van der Waals surface area contributed by atoms with Crippen molar-refractivity contribution in [2.75, 3.05) is 0 Å². The minimum atomic E-state index is -3.96. The fourth-order valence-corrected chi connectivity index (χ4v) is 5.83. The van der Waals surface area contributed by atoms with Crippen LogP contribution in [-0.4, -0.2) is 35.9 Å². The van der Waals surface area contributed by atoms with Crippen molar-refractivity contribution >= 4 is 16.0 Å². The molecule has 0 aromatic heterocycles. The van der Waals surface area contributed by atoms with Crippen LogP contribution in [0, 0.1) is 18.7 Å². The molecule has 1 saturated heterocycles. The number of fused-ring (bicyclic) bond motifs is 1. The van der Waals surface area contributed by atoms with Crippen molar-refractivity contribution in [2.24, 2.45) is 5.92 Å². The zero-order valence-corrected chi connectivity index (χ0v) is 13.7. The summed E-state index contributed by atoms with van der Waals surface area (Å²) >= 11 is 0. The SMILES string of the molecule is Cc1cc(S(=O)(=O)N2C(C(=O)O)CC3CCCCC32)ccc1F. The number of carboxylic acid groups (broad SMARTS) is 1. The standard InChI is InChI=1S/C16H20FNO4S/c1-10-8-12(6-7-13(10)17)23(21,22)18-14-5-3-2-4-11(14)9-15(18)16(19)20/h6-8,11,14-15H,2-5,9H2,1H3,(H,19,20). The molecule has 0 bridgehead atoms. The number of aliphatic carboxylic acids is 1. The van der Waals surface area contributed by atoms with Gasteiger partial charge in [-0.25, -0.2) is 12.8 Å². The van der Waals surface area contributed by atoms with Gasteiger partial charge in [-0.3, -0.25) is 4.79 Å². The summed E-state index contributed by atoms with van der Waals surface area (Å²) < 4.78 is 40.6. The number of hydrogen-bond acceptors (Lipinski definition) is 3. The highest BCUT2D eigenvalue weighted by Gasteiger charge is 2.51. The van der Waals surface area contributed by atoms with E-state index in [1.54, 1.807) is 0 Å². The molecule has 7 heteroatoms. The van der Waals surface area contributed by atoms with Crippen molar-refractivity contribution in [1.29, 1.82) is 0 Å². The van der Waals surface area contributed by atoms with E-state index in [4.69, 9.17) is 0 Å². The molecule has 0 amide bonds. The summed E-state index contributed by atoms with van der Waals surface area (Å²) in [5.74, 6) is -1.49. The molecule has 2 fully saturated rings. The Labute approximate surface area is 135 Å². The summed E-state index contributed by atoms with van der Waals surface area (Å²) in [5, 5.41) is 9.47. The number of halogens is 1. The number of carboxylic acids is 1. The molecule has 23 heavy (non-hydrogen) atoms. The molecule has 2 aliphatic rings. The first-order chi connectivity index (χ1) is 10.8. The summed E-state index contributed by atoms with van der Waals surface area (Å²) in [6.45, 7) is 1.50. The van der Waals surface area contributed by atoms with Crippen LogP contribution in [0.2, 0.25) is 0 Å². The molecule has 3 rings (SSSR count). The van der Waals surface area contributed by atoms with Crippen LogP contribution in [0.25, 0.3) is 0 Å². The lowest BCUT2D eigenvalue weighted by molar-refractivity contribution is -0.141. The van der Waals surface area contributed by atoms with Gasteiger partial charge in [0.05, 0.1) is 4.90 Å². The first-order valence-electron chi connectivity index (χ1n) is 7.85. The summed E-state index contributed by atoms with van der Waals surface area (Å²) in [6, 6.07) is 2.32. The second-order valence-electron chi connectivity index (χ2n) is 6.45. The minimum Gasteiger partial charge on any atom is -0.480 e. The number of benzene rings is 1. The maximum Gasteiger partial charge on any atom is 0.322 e. The molecule has 0 radical (unpaired) electrons. The Kier molecular flexibility index (Phi) is 4.18. The van der Waals surface area contributed by atoms with E-state index in [0.29, 0.717) is 12.8 Å². The molecule has 126 valence electrons. The van der Waals surface area contributed by atoms with Crippen LogP contribution in [0.5, 0.6) is 0 Å². The lowest BCUT2D eigenvalue weighted by Gasteiger charge is -2.32. The van der Waals surface area contributed by atoms with E-state index in [1.165, 1.54) is 23.4 Å². The average molecular weight is 341 g/mol. The zero-order chi connectivity index (χ0) is 16.8. The van der Waals surface area contributed by atoms with Crippen LogP contribution in [0.3, 0.4) is 0 Å². The summed E-state index contributed by atoms with van der Waals surface area (Å²) in [7, 11) is -3.96. The molecule has 1 saturated carbocycles. The Morgan fingerprint density at radius 2 is 2.00 bits per heavy atom. The number of carbonyl (C=O) groups is 1. The molecular weight excluding hydrogens is 321 g/mol. The molecule has 1 heterocycles. The molecule has 5 nitrogen and oxygen atoms in total. The third-order valence-corrected chi connectivity index (χ3v) is 6.95. The van der Waals surface area contributed by atoms with E-state index in [-0.39, 0.29) is 22.4 Å². The van der Waals surface area contributed by atoms with Gasteiger partial charge in [0.2, 0.25) is 10.0 Å². The van der Waals surface area contributed by atoms with Gasteiger partial charge in [0.25, 0.3) is 0 Å². The maximum atomic E-state index is 13.4. The van der Waals surface area contributed by atoms with Crippen LogP contribution in [0.15, 0.2) is 23.1 Å². The largest absolute Gasteiger partial charge is 0.480 e. The van der Waals surface area contributed by atoms with Gasteiger partial charge in [-0.15, -0.1) is 0 Å². The van der Waals surface area contributed by atoms with Crippen LogP contribution in [-0.2, 0) is 14.8 Å². The Morgan fingerprint density at radius 3 is 2.65 bits per heavy atom. The highest BCUT2D eigenvalue weighted by atomic mass is 32.2. The number of sulfonamides is 1. The van der Waals surface area contributed by atoms with Crippen LogP contribution >= 0.6 is 0 Å². The van der Waals surface area contributed by atoms with Crippen molar-refractivity contribution < 1.29 is 22.7 Å². The summed E-state index contributed by atoms with van der Waals surface area (Å²) in [6.07, 6.45) is 3.83. The van der Waals surface area contributed by atoms with Gasteiger partial charge < -0.3 is 5.11 Å². The molecule has 3 atom stereocenters. The van der Waals surface area contributed by atoms with E-state index >= 15 is 0 Å². The van der Waals surface area contributed by atoms with Crippen LogP contribution in [0.4, 0.5) is 4.39 Å². The molecule has 1 aliphatic heterocycles. The molecule has 3 unspecified atom stereocenters. The third kappa shape index (κ3) is 2.76. The van der Waals surface area contributed by atoms with Crippen molar-refractivity contribution in [2.45, 2.75) is 56.0 Å². The van der Waals surface area contributed by atoms with E-state index < -0.39 is 27.9 Å². The van der Waals surface area contributed by atoms with E-state index in [0.717, 1.165) is 25.3 Å². The topological polar surface area (TPSA) is 74.7 Å². The van der Waals surface area contributed by atoms with E-state index in [2.05, 4.69) is 0 Å². The Morgan fingerprint density at radius 1 is 1.30 bits per heavy atom. The number of rotatable bonds is 3. The molecule has 1 N–H and O–H groups in total. The van der Waals surface area contributed by atoms with Crippen LogP contribution in [0.1, 0.15) is 37.7 Å². The van der Waals surface area contributed by atoms with Gasteiger partial charge in [0.1, 0.15) is 11.9 Å². The monoisotopic (exact) mass is 341 g/mol. The molecule has 1 aromatic rings. The van der Waals surface area contributed by atoms with Crippen molar-refractivity contribution in [1.82, 2.24) is 4.31 Å². The first kappa shape index (κ1) is 16.4. The smallest absolute Gasteiger partial charge is 0.322 e. The predicted molar refractivity (Wildman–Crippen MR) is 81.9 cm³/mol. The van der Waals surface area contributed by atoms with E-state index in [9.17, 15) is 22.7 Å². The molecule has 1 aromatic carbocycles. The fraction of sp³-hybridized carbons (Fsp3) is 0.562. The highest BCUT2D eigenvalue weighted by molar-refractivity contribution is 7.89. The quantitative estimate of drug-likeness (QED) is 0.917. The highest BCUT2D eigenvalue weighted by Crippen LogP contribution is 2.42. The first-order valence-corrected chi connectivity index (χ1v) is 9.29. The second kappa shape index (κ2) is 5.87. The van der Waals surface area contributed by atoms with Gasteiger partial charge in [-0.05, 0) is 55.9 Å². The average Bonchev–Trinajstić information content (AvgIpc) is 2.90. The van der Waals surface area contributed by atoms with Crippen molar-refractivity contribution in [3.8, 4) is 0 Å². The van der Waals surface area contributed by atoms with Crippen LogP contribution < -0.4 is 0 Å². The number of hydrogen-bond donors (Lipinski definition) is 1. The van der Waals surface area contributed by atoms with Gasteiger partial charge >= 0.3 is 5.97 Å². The maximum absolute atomic E-state index is 13.4. The summed E-state index contributed by atoms with van der Waals surface area (Å²) in [4.78, 5) is 11.6. The van der Waals surface area contributed by atoms with Gasteiger partial charge in [0, 0.05) is 6.04 Å². The third-order valence-electron chi connectivity index (χ3n) is 5.02. The molecular formula is C16H20FNO4S. The predicted octanol–water partition coefficient (Wildman–Crippen LogP) is 2.54. The number of nitrogens with zero attached hydrogens (tertiary/aromatic N) is 1. The second-order valence-corrected chi connectivity index (χ2v) is 8.29. The van der Waals surface area contributed by atoms with Crippen molar-refractivity contribution in [3.05, 3.63) is 29.6 Å². The van der Waals surface area contributed by atoms with Crippen molar-refractivity contribution in [3.63, 3.8) is 0 Å². The normalized spacial score (nSPS) is 28.5. The Bertz CT molecular complexity index is 734. The molecule has 0 spiro atoms. The van der Waals surface area contributed by atoms with Gasteiger partial charge in [-0.1, -0.05) is 12.8 Å². The summed E-state index contributed by atoms with van der Waals surface area (Å²) in [5.41, 5.74) is 0.234. The zero-order valence-electron chi connectivity index (χ0n) is 12.9. The van der Waals surface area contributed by atoms with Gasteiger partial charge in [0.15, 0.2) is 0 Å². The van der Waals surface area contributed by atoms with Gasteiger partial charge in [-0.2, -0.15) is 4.31 Å². The fourth-order valence-electron chi connectivity index (χ4n) is 3.87. The lowest BCUT2D eigenvalue weighted by atomic mass is 9.85. The Hall–Kier alpha value is -1.47.